The zero-order valence-electron chi connectivity index (χ0n) is 23.5. The van der Waals surface area contributed by atoms with E-state index in [1.54, 1.807) is 0 Å². The topological polar surface area (TPSA) is 105 Å². The van der Waals surface area contributed by atoms with E-state index >= 15 is 0 Å². The first-order valence-electron chi connectivity index (χ1n) is 13.9. The summed E-state index contributed by atoms with van der Waals surface area (Å²) in [5, 5.41) is 0. The van der Waals surface area contributed by atoms with Crippen molar-refractivity contribution in [2.24, 2.45) is 0 Å². The maximum absolute atomic E-state index is 12.1. The number of hydrogen-bond donors (Lipinski definition) is 0. The molecule has 0 radical (unpaired) electrons. The molecule has 4 atom stereocenters. The summed E-state index contributed by atoms with van der Waals surface area (Å²) in [6.07, 6.45) is 8.99. The summed E-state index contributed by atoms with van der Waals surface area (Å²) in [6.45, 7) is 11.0. The Bertz CT molecular complexity index is 579. The maximum Gasteiger partial charge on any atom is 0.347 e. The Morgan fingerprint density at radius 1 is 0.500 bits per heavy atom. The normalized spacial score (nSPS) is 14.3. The van der Waals surface area contributed by atoms with E-state index in [9.17, 15) is 19.2 Å². The zero-order valence-corrected chi connectivity index (χ0v) is 23.5. The van der Waals surface area contributed by atoms with Gasteiger partial charge in [-0.05, 0) is 66.2 Å². The molecule has 0 aromatic heterocycles. The molecule has 0 aromatic carbocycles. The van der Waals surface area contributed by atoms with Crippen LogP contribution in [0.15, 0.2) is 0 Å². The van der Waals surface area contributed by atoms with Gasteiger partial charge in [0.15, 0.2) is 12.2 Å². The van der Waals surface area contributed by atoms with E-state index in [2.05, 4.69) is 13.8 Å². The van der Waals surface area contributed by atoms with Crippen LogP contribution in [-0.4, -0.2) is 48.3 Å². The van der Waals surface area contributed by atoms with Gasteiger partial charge in [0.05, 0.1) is 12.2 Å². The monoisotopic (exact) mass is 514 g/mol. The average molecular weight is 515 g/mol. The molecule has 8 nitrogen and oxygen atoms in total. The standard InChI is InChI=1S/C28H50O8/c1-7-9-11-13-17-21(3)33-27(31)23(5)35-25(29)19-15-16-20-26(30)36-24(6)28(32)34-22(4)18-14-12-10-8-2/h21-24H,7-20H2,1-6H3. The number of hydrogen-bond acceptors (Lipinski definition) is 8. The molecular formula is C28H50O8. The van der Waals surface area contributed by atoms with E-state index in [0.29, 0.717) is 12.8 Å². The second-order valence-corrected chi connectivity index (χ2v) is 9.66. The van der Waals surface area contributed by atoms with E-state index in [-0.39, 0.29) is 25.0 Å². The fourth-order valence-corrected chi connectivity index (χ4v) is 3.57. The summed E-state index contributed by atoms with van der Waals surface area (Å²) in [5.74, 6) is -2.14. The minimum atomic E-state index is -0.971. The molecule has 0 aromatic rings. The van der Waals surface area contributed by atoms with Gasteiger partial charge in [0.1, 0.15) is 0 Å². The van der Waals surface area contributed by atoms with Gasteiger partial charge in [-0.25, -0.2) is 9.59 Å². The predicted molar refractivity (Wildman–Crippen MR) is 138 cm³/mol. The average Bonchev–Trinajstić information content (AvgIpc) is 2.82. The minimum absolute atomic E-state index is 0.0740. The Hall–Kier alpha value is -2.12. The van der Waals surface area contributed by atoms with Crippen LogP contribution in [0.5, 0.6) is 0 Å². The van der Waals surface area contributed by atoms with Crippen LogP contribution < -0.4 is 0 Å². The Balaban J connectivity index is 4.03. The predicted octanol–water partition coefficient (Wildman–Crippen LogP) is 6.21. The molecule has 0 spiro atoms. The number of unbranched alkanes of at least 4 members (excludes halogenated alkanes) is 7. The third-order valence-corrected chi connectivity index (χ3v) is 5.86. The second kappa shape index (κ2) is 21.0. The van der Waals surface area contributed by atoms with Gasteiger partial charge in [-0.1, -0.05) is 52.4 Å². The number of rotatable bonds is 21. The number of carbonyl (C=O) groups is 4. The molecule has 8 heteroatoms. The maximum atomic E-state index is 12.1. The smallest absolute Gasteiger partial charge is 0.347 e. The molecule has 0 bridgehead atoms. The SMILES string of the molecule is CCCCCCC(C)OC(=O)C(C)OC(=O)CCCCC(=O)OC(C)C(=O)OC(C)CCCCCC. The lowest BCUT2D eigenvalue weighted by atomic mass is 10.1. The Labute approximate surface area is 218 Å². The number of esters is 4. The summed E-state index contributed by atoms with van der Waals surface area (Å²) < 4.78 is 21.0. The highest BCUT2D eigenvalue weighted by atomic mass is 16.6. The van der Waals surface area contributed by atoms with Gasteiger partial charge >= 0.3 is 23.9 Å². The second-order valence-electron chi connectivity index (χ2n) is 9.66. The number of carbonyl (C=O) groups excluding carboxylic acids is 4. The third kappa shape index (κ3) is 18.2. The van der Waals surface area contributed by atoms with Gasteiger partial charge in [-0.3, -0.25) is 9.59 Å². The lowest BCUT2D eigenvalue weighted by molar-refractivity contribution is -0.170. The van der Waals surface area contributed by atoms with Crippen LogP contribution in [-0.2, 0) is 38.1 Å². The third-order valence-electron chi connectivity index (χ3n) is 5.86. The van der Waals surface area contributed by atoms with E-state index < -0.39 is 36.1 Å². The van der Waals surface area contributed by atoms with Gasteiger partial charge in [-0.2, -0.15) is 0 Å². The Morgan fingerprint density at radius 3 is 1.19 bits per heavy atom. The highest BCUT2D eigenvalue weighted by Crippen LogP contribution is 2.12. The van der Waals surface area contributed by atoms with Crippen LogP contribution in [0.4, 0.5) is 0 Å². The molecule has 4 unspecified atom stereocenters. The first-order valence-corrected chi connectivity index (χ1v) is 13.9. The van der Waals surface area contributed by atoms with Crippen molar-refractivity contribution in [3.63, 3.8) is 0 Å². The van der Waals surface area contributed by atoms with E-state index in [4.69, 9.17) is 18.9 Å². The first kappa shape index (κ1) is 33.9. The van der Waals surface area contributed by atoms with Crippen molar-refractivity contribution in [2.75, 3.05) is 0 Å². The van der Waals surface area contributed by atoms with Crippen molar-refractivity contribution in [3.8, 4) is 0 Å². The van der Waals surface area contributed by atoms with Crippen LogP contribution in [0.25, 0.3) is 0 Å². The molecule has 0 aliphatic rings. The quantitative estimate of drug-likeness (QED) is 0.101. The van der Waals surface area contributed by atoms with Gasteiger partial charge < -0.3 is 18.9 Å². The van der Waals surface area contributed by atoms with E-state index in [1.165, 1.54) is 13.8 Å². The van der Waals surface area contributed by atoms with Crippen LogP contribution in [0.3, 0.4) is 0 Å². The van der Waals surface area contributed by atoms with Crippen molar-refractivity contribution in [3.05, 3.63) is 0 Å². The molecule has 0 rings (SSSR count). The molecular weight excluding hydrogens is 464 g/mol. The lowest BCUT2D eigenvalue weighted by Gasteiger charge is -2.17. The molecule has 36 heavy (non-hydrogen) atoms. The summed E-state index contributed by atoms with van der Waals surface area (Å²) in [4.78, 5) is 48.2. The molecule has 0 fully saturated rings. The van der Waals surface area contributed by atoms with Gasteiger partial charge in [0, 0.05) is 12.8 Å². The van der Waals surface area contributed by atoms with Gasteiger partial charge in [0.2, 0.25) is 0 Å². The summed E-state index contributed by atoms with van der Waals surface area (Å²) >= 11 is 0. The summed E-state index contributed by atoms with van der Waals surface area (Å²) in [6, 6.07) is 0. The zero-order chi connectivity index (χ0) is 27.3. The highest BCUT2D eigenvalue weighted by molar-refractivity contribution is 5.80. The fraction of sp³-hybridized carbons (Fsp3) is 0.857. The molecule has 210 valence electrons. The molecule has 0 saturated carbocycles. The van der Waals surface area contributed by atoms with Crippen molar-refractivity contribution in [1.29, 1.82) is 0 Å². The van der Waals surface area contributed by atoms with Crippen molar-refractivity contribution >= 4 is 23.9 Å². The van der Waals surface area contributed by atoms with Crippen LogP contribution in [0, 0.1) is 0 Å². The van der Waals surface area contributed by atoms with Crippen LogP contribution in [0.2, 0.25) is 0 Å². The van der Waals surface area contributed by atoms with Gasteiger partial charge in [0.25, 0.3) is 0 Å². The fourth-order valence-electron chi connectivity index (χ4n) is 3.57. The van der Waals surface area contributed by atoms with E-state index in [1.807, 2.05) is 13.8 Å². The minimum Gasteiger partial charge on any atom is -0.460 e. The van der Waals surface area contributed by atoms with Crippen molar-refractivity contribution in [2.45, 2.75) is 156 Å². The molecule has 0 heterocycles. The number of ether oxygens (including phenoxy) is 4. The Morgan fingerprint density at radius 2 is 0.861 bits per heavy atom. The molecule has 0 amide bonds. The van der Waals surface area contributed by atoms with Gasteiger partial charge in [-0.15, -0.1) is 0 Å². The first-order chi connectivity index (χ1) is 17.1. The molecule has 0 aliphatic heterocycles. The molecule has 0 saturated heterocycles. The highest BCUT2D eigenvalue weighted by Gasteiger charge is 2.23. The molecule has 0 N–H and O–H groups in total. The van der Waals surface area contributed by atoms with Crippen LogP contribution in [0.1, 0.15) is 131 Å². The van der Waals surface area contributed by atoms with Crippen molar-refractivity contribution in [1.82, 2.24) is 0 Å². The lowest BCUT2D eigenvalue weighted by Crippen LogP contribution is -2.29. The largest absolute Gasteiger partial charge is 0.460 e. The van der Waals surface area contributed by atoms with Crippen LogP contribution >= 0.6 is 0 Å². The van der Waals surface area contributed by atoms with E-state index in [0.717, 1.165) is 64.2 Å². The summed E-state index contributed by atoms with van der Waals surface area (Å²) in [7, 11) is 0. The van der Waals surface area contributed by atoms with Crippen molar-refractivity contribution < 1.29 is 38.1 Å². The Kier molecular flexibility index (Phi) is 19.8. The summed E-state index contributed by atoms with van der Waals surface area (Å²) in [5.41, 5.74) is 0. The molecule has 0 aliphatic carbocycles.